The van der Waals surface area contributed by atoms with Crippen LogP contribution in [0.3, 0.4) is 0 Å². The van der Waals surface area contributed by atoms with Crippen LogP contribution in [0.2, 0.25) is 0 Å². The molecule has 0 saturated carbocycles. The van der Waals surface area contributed by atoms with E-state index in [9.17, 15) is 4.79 Å². The molecular formula is C21H16N4O2. The van der Waals surface area contributed by atoms with Crippen LogP contribution in [0.25, 0.3) is 22.4 Å². The Labute approximate surface area is 155 Å². The van der Waals surface area contributed by atoms with Gasteiger partial charge in [0.1, 0.15) is 11.3 Å². The number of benzene rings is 2. The molecule has 1 amide bonds. The zero-order valence-electron chi connectivity index (χ0n) is 14.6. The normalized spacial score (nSPS) is 12.9. The first-order valence-corrected chi connectivity index (χ1v) is 8.69. The van der Waals surface area contributed by atoms with Crippen molar-refractivity contribution < 1.29 is 9.21 Å². The van der Waals surface area contributed by atoms with Gasteiger partial charge in [0, 0.05) is 22.8 Å². The highest BCUT2D eigenvalue weighted by Crippen LogP contribution is 2.40. The molecule has 27 heavy (non-hydrogen) atoms. The number of hydrogen-bond donors (Lipinski definition) is 2. The molecule has 6 heteroatoms. The number of fused-ring (bicyclic) bond motifs is 5. The largest absolute Gasteiger partial charge is 0.452 e. The minimum Gasteiger partial charge on any atom is -0.452 e. The average Bonchev–Trinajstić information content (AvgIpc) is 2.96. The molecule has 1 aliphatic heterocycles. The lowest BCUT2D eigenvalue weighted by molar-refractivity contribution is -0.115. The van der Waals surface area contributed by atoms with Crippen molar-refractivity contribution >= 4 is 34.2 Å². The summed E-state index contributed by atoms with van der Waals surface area (Å²) in [7, 11) is 0. The number of rotatable bonds is 2. The van der Waals surface area contributed by atoms with Crippen LogP contribution in [0.1, 0.15) is 11.1 Å². The smallest absolute Gasteiger partial charge is 0.229 e. The second kappa shape index (κ2) is 5.95. The average molecular weight is 356 g/mol. The Morgan fingerprint density at radius 3 is 2.78 bits per heavy atom. The molecule has 2 N–H and O–H groups in total. The number of carbonyl (C=O) groups is 1. The predicted octanol–water partition coefficient (Wildman–Crippen LogP) is 4.44. The van der Waals surface area contributed by atoms with Crippen molar-refractivity contribution in [2.45, 2.75) is 13.3 Å². The first kappa shape index (κ1) is 15.6. The summed E-state index contributed by atoms with van der Waals surface area (Å²) < 4.78 is 6.03. The van der Waals surface area contributed by atoms with E-state index in [1.54, 1.807) is 6.20 Å². The first-order chi connectivity index (χ1) is 13.2. The molecule has 132 valence electrons. The van der Waals surface area contributed by atoms with Crippen molar-refractivity contribution in [2.24, 2.45) is 0 Å². The highest BCUT2D eigenvalue weighted by atomic mass is 16.3. The number of carbonyl (C=O) groups excluding carboxylic acids is 1. The van der Waals surface area contributed by atoms with Gasteiger partial charge >= 0.3 is 0 Å². The summed E-state index contributed by atoms with van der Waals surface area (Å²) in [5.41, 5.74) is 4.81. The second-order valence-corrected chi connectivity index (χ2v) is 6.59. The van der Waals surface area contributed by atoms with Crippen LogP contribution in [0.4, 0.5) is 17.3 Å². The predicted molar refractivity (Wildman–Crippen MR) is 104 cm³/mol. The Balaban J connectivity index is 1.64. The molecule has 0 aliphatic carbocycles. The highest BCUT2D eigenvalue weighted by Gasteiger charge is 2.26. The number of amides is 1. The van der Waals surface area contributed by atoms with Crippen LogP contribution in [-0.2, 0) is 11.2 Å². The quantitative estimate of drug-likeness (QED) is 0.555. The summed E-state index contributed by atoms with van der Waals surface area (Å²) in [6.07, 6.45) is 1.89. The van der Waals surface area contributed by atoms with Gasteiger partial charge in [-0.25, -0.2) is 9.97 Å². The fourth-order valence-electron chi connectivity index (χ4n) is 3.25. The lowest BCUT2D eigenvalue weighted by Crippen LogP contribution is -2.12. The monoisotopic (exact) mass is 356 g/mol. The van der Waals surface area contributed by atoms with Crippen LogP contribution >= 0.6 is 0 Å². The molecule has 0 atom stereocenters. The molecule has 5 rings (SSSR count). The summed E-state index contributed by atoms with van der Waals surface area (Å²) in [6, 6.07) is 15.6. The molecule has 0 radical (unpaired) electrons. The van der Waals surface area contributed by atoms with Crippen molar-refractivity contribution in [3.05, 3.63) is 65.9 Å². The molecule has 6 nitrogen and oxygen atoms in total. The van der Waals surface area contributed by atoms with Gasteiger partial charge in [-0.1, -0.05) is 29.8 Å². The third kappa shape index (κ3) is 2.71. The van der Waals surface area contributed by atoms with E-state index in [1.165, 1.54) is 5.56 Å². The van der Waals surface area contributed by atoms with E-state index >= 15 is 0 Å². The van der Waals surface area contributed by atoms with E-state index in [1.807, 2.05) is 55.5 Å². The molecule has 0 unspecified atom stereocenters. The number of aromatic nitrogens is 2. The Morgan fingerprint density at radius 1 is 1.11 bits per heavy atom. The van der Waals surface area contributed by atoms with E-state index in [0.29, 0.717) is 28.7 Å². The van der Waals surface area contributed by atoms with Crippen molar-refractivity contribution in [1.29, 1.82) is 0 Å². The van der Waals surface area contributed by atoms with Gasteiger partial charge in [0.25, 0.3) is 0 Å². The molecular weight excluding hydrogens is 340 g/mol. The fraction of sp³-hybridized carbons (Fsp3) is 0.0952. The van der Waals surface area contributed by atoms with E-state index in [4.69, 9.17) is 4.42 Å². The van der Waals surface area contributed by atoms with Crippen molar-refractivity contribution in [3.63, 3.8) is 0 Å². The third-order valence-electron chi connectivity index (χ3n) is 4.60. The number of aryl methyl sites for hydroxylation is 1. The highest BCUT2D eigenvalue weighted by molar-refractivity contribution is 6.08. The first-order valence-electron chi connectivity index (χ1n) is 8.69. The summed E-state index contributed by atoms with van der Waals surface area (Å²) >= 11 is 0. The topological polar surface area (TPSA) is 80.1 Å². The second-order valence-electron chi connectivity index (χ2n) is 6.59. The van der Waals surface area contributed by atoms with Gasteiger partial charge < -0.3 is 15.1 Å². The molecule has 2 aromatic carbocycles. The maximum Gasteiger partial charge on any atom is 0.229 e. The molecule has 0 spiro atoms. The van der Waals surface area contributed by atoms with Crippen LogP contribution in [0.15, 0.2) is 59.1 Å². The van der Waals surface area contributed by atoms with Crippen LogP contribution < -0.4 is 10.6 Å². The Bertz CT molecular complexity index is 1180. The maximum absolute atomic E-state index is 12.3. The maximum atomic E-state index is 12.3. The standard InChI is InChI=1S/C21H16N4O2/c1-12-6-8-14(9-7-12)23-21-22-11-13-10-17(26)24-19-15-4-2-3-5-16(15)27-20(19)18(13)25-21/h2-9,11H,10H2,1H3,(H,24,26)(H,22,23,25). The van der Waals surface area contributed by atoms with E-state index in [-0.39, 0.29) is 12.3 Å². The zero-order chi connectivity index (χ0) is 18.4. The third-order valence-corrected chi connectivity index (χ3v) is 4.60. The molecule has 2 aromatic heterocycles. The lowest BCUT2D eigenvalue weighted by atomic mass is 10.1. The fourth-order valence-corrected chi connectivity index (χ4v) is 3.25. The summed E-state index contributed by atoms with van der Waals surface area (Å²) in [5, 5.41) is 7.02. The zero-order valence-corrected chi connectivity index (χ0v) is 14.6. The van der Waals surface area contributed by atoms with Gasteiger partial charge in [-0.15, -0.1) is 0 Å². The molecule has 4 aromatic rings. The molecule has 0 fully saturated rings. The van der Waals surface area contributed by atoms with Gasteiger partial charge in [-0.05, 0) is 31.2 Å². The molecule has 0 bridgehead atoms. The Morgan fingerprint density at radius 2 is 1.93 bits per heavy atom. The van der Waals surface area contributed by atoms with Crippen LogP contribution in [0.5, 0.6) is 0 Å². The van der Waals surface area contributed by atoms with Gasteiger partial charge in [-0.3, -0.25) is 4.79 Å². The van der Waals surface area contributed by atoms with E-state index in [0.717, 1.165) is 16.6 Å². The lowest BCUT2D eigenvalue weighted by Gasteiger charge is -2.08. The molecule has 0 saturated heterocycles. The van der Waals surface area contributed by atoms with Crippen molar-refractivity contribution in [3.8, 4) is 11.5 Å². The van der Waals surface area contributed by atoms with Crippen molar-refractivity contribution in [2.75, 3.05) is 10.6 Å². The summed E-state index contributed by atoms with van der Waals surface area (Å²) in [6.45, 7) is 2.04. The van der Waals surface area contributed by atoms with Crippen LogP contribution in [-0.4, -0.2) is 15.9 Å². The Kier molecular flexibility index (Phi) is 3.43. The minimum absolute atomic E-state index is 0.107. The number of nitrogens with one attached hydrogen (secondary N) is 2. The summed E-state index contributed by atoms with van der Waals surface area (Å²) in [5.74, 6) is 0.911. The SMILES string of the molecule is Cc1ccc(Nc2ncc3c(n2)-c2oc4ccccc4c2NC(=O)C3)cc1. The summed E-state index contributed by atoms with van der Waals surface area (Å²) in [4.78, 5) is 21.4. The number of hydrogen-bond acceptors (Lipinski definition) is 5. The number of furan rings is 1. The Hall–Kier alpha value is -3.67. The number of nitrogens with zero attached hydrogens (tertiary/aromatic N) is 2. The van der Waals surface area contributed by atoms with E-state index < -0.39 is 0 Å². The molecule has 1 aliphatic rings. The van der Waals surface area contributed by atoms with Gasteiger partial charge in [-0.2, -0.15) is 0 Å². The van der Waals surface area contributed by atoms with Gasteiger partial charge in [0.2, 0.25) is 11.9 Å². The van der Waals surface area contributed by atoms with Crippen LogP contribution in [0, 0.1) is 6.92 Å². The van der Waals surface area contributed by atoms with Gasteiger partial charge in [0.15, 0.2) is 5.76 Å². The van der Waals surface area contributed by atoms with Crippen molar-refractivity contribution in [1.82, 2.24) is 9.97 Å². The molecule has 3 heterocycles. The van der Waals surface area contributed by atoms with Gasteiger partial charge in [0.05, 0.1) is 12.1 Å². The van der Waals surface area contributed by atoms with E-state index in [2.05, 4.69) is 20.6 Å². The number of anilines is 3. The number of para-hydroxylation sites is 1. The minimum atomic E-state index is -0.107.